The van der Waals surface area contributed by atoms with Gasteiger partial charge in [0.2, 0.25) is 0 Å². The van der Waals surface area contributed by atoms with Crippen molar-refractivity contribution in [3.63, 3.8) is 0 Å². The maximum atomic E-state index is 11.5. The van der Waals surface area contributed by atoms with Gasteiger partial charge in [0.15, 0.2) is 0 Å². The molecule has 0 amide bonds. The average molecular weight is 213 g/mol. The van der Waals surface area contributed by atoms with Gasteiger partial charge in [-0.1, -0.05) is 18.2 Å². The lowest BCUT2D eigenvalue weighted by Gasteiger charge is -2.13. The fourth-order valence-electron chi connectivity index (χ4n) is 1.91. The molecule has 0 heterocycles. The lowest BCUT2D eigenvalue weighted by molar-refractivity contribution is 0.0600. The van der Waals surface area contributed by atoms with E-state index in [9.17, 15) is 4.79 Å². The van der Waals surface area contributed by atoms with Crippen LogP contribution in [0.25, 0.3) is 6.08 Å². The van der Waals surface area contributed by atoms with Gasteiger partial charge < -0.3 is 4.74 Å². The highest BCUT2D eigenvalue weighted by Crippen LogP contribution is 2.25. The number of methoxy groups -OCH3 is 1. The Hall–Kier alpha value is -2.08. The summed E-state index contributed by atoms with van der Waals surface area (Å²) >= 11 is 0. The summed E-state index contributed by atoms with van der Waals surface area (Å²) in [6.45, 7) is 0. The van der Waals surface area contributed by atoms with Crippen LogP contribution in [0.4, 0.5) is 0 Å². The van der Waals surface area contributed by atoms with Gasteiger partial charge in [-0.2, -0.15) is 5.26 Å². The highest BCUT2D eigenvalue weighted by atomic mass is 16.5. The van der Waals surface area contributed by atoms with Gasteiger partial charge in [-0.15, -0.1) is 0 Å². The van der Waals surface area contributed by atoms with Crippen molar-refractivity contribution in [2.75, 3.05) is 7.11 Å². The highest BCUT2D eigenvalue weighted by molar-refractivity contribution is 5.94. The molecule has 0 atom stereocenters. The molecule has 1 aromatic rings. The van der Waals surface area contributed by atoms with Crippen molar-refractivity contribution in [3.8, 4) is 6.07 Å². The zero-order valence-corrected chi connectivity index (χ0v) is 8.99. The molecule has 0 fully saturated rings. The smallest absolute Gasteiger partial charge is 0.339 e. The normalized spacial score (nSPS) is 12.8. The molecule has 0 N–H and O–H groups in total. The number of carbonyl (C=O) groups excluding carboxylic acids is 1. The Bertz CT molecular complexity index is 509. The van der Waals surface area contributed by atoms with E-state index in [-0.39, 0.29) is 0 Å². The van der Waals surface area contributed by atoms with Gasteiger partial charge in [-0.05, 0) is 30.0 Å². The number of aryl methyl sites for hydroxylation is 1. The molecule has 0 saturated carbocycles. The Morgan fingerprint density at radius 2 is 2.31 bits per heavy atom. The van der Waals surface area contributed by atoms with Crippen molar-refractivity contribution < 1.29 is 9.53 Å². The molecule has 1 aromatic carbocycles. The summed E-state index contributed by atoms with van der Waals surface area (Å²) in [7, 11) is 1.32. The molecule has 0 aromatic heterocycles. The van der Waals surface area contributed by atoms with Crippen molar-refractivity contribution in [1.29, 1.82) is 5.26 Å². The van der Waals surface area contributed by atoms with Crippen LogP contribution in [0.3, 0.4) is 0 Å². The number of nitriles is 1. The summed E-state index contributed by atoms with van der Waals surface area (Å²) in [6, 6.07) is 5.65. The summed E-state index contributed by atoms with van der Waals surface area (Å²) in [6.07, 6.45) is 5.82. The number of carbonyl (C=O) groups is 1. The molecule has 0 saturated heterocycles. The van der Waals surface area contributed by atoms with Gasteiger partial charge in [-0.25, -0.2) is 4.79 Å². The van der Waals surface area contributed by atoms with E-state index in [1.54, 1.807) is 6.07 Å². The maximum Gasteiger partial charge on any atom is 0.339 e. The first-order valence-corrected chi connectivity index (χ1v) is 5.08. The summed E-state index contributed by atoms with van der Waals surface area (Å²) < 4.78 is 4.66. The van der Waals surface area contributed by atoms with Gasteiger partial charge in [0.25, 0.3) is 0 Å². The first kappa shape index (κ1) is 10.4. The number of esters is 1. The number of fused-ring (bicyclic) bond motifs is 1. The van der Waals surface area contributed by atoms with E-state index in [1.807, 2.05) is 18.2 Å². The topological polar surface area (TPSA) is 50.1 Å². The highest BCUT2D eigenvalue weighted by Gasteiger charge is 2.18. The minimum atomic E-state index is -0.460. The number of ether oxygens (including phenoxy) is 1. The van der Waals surface area contributed by atoms with Gasteiger partial charge >= 0.3 is 5.97 Å². The van der Waals surface area contributed by atoms with E-state index in [1.165, 1.54) is 7.11 Å². The molecule has 16 heavy (non-hydrogen) atoms. The van der Waals surface area contributed by atoms with Crippen LogP contribution in [0.1, 0.15) is 33.5 Å². The number of rotatable bonds is 1. The van der Waals surface area contributed by atoms with Crippen LogP contribution in [0.5, 0.6) is 0 Å². The fourth-order valence-corrected chi connectivity index (χ4v) is 1.91. The van der Waals surface area contributed by atoms with Crippen molar-refractivity contribution >= 4 is 12.0 Å². The quantitative estimate of drug-likeness (QED) is 0.672. The van der Waals surface area contributed by atoms with Crippen LogP contribution >= 0.6 is 0 Å². The van der Waals surface area contributed by atoms with Crippen molar-refractivity contribution in [2.24, 2.45) is 0 Å². The van der Waals surface area contributed by atoms with Crippen molar-refractivity contribution in [2.45, 2.75) is 12.8 Å². The predicted octanol–water partition coefficient (Wildman–Crippen LogP) is 2.30. The second-order valence-electron chi connectivity index (χ2n) is 3.61. The molecule has 80 valence electrons. The number of hydrogen-bond acceptors (Lipinski definition) is 3. The number of hydrogen-bond donors (Lipinski definition) is 0. The molecule has 3 heteroatoms. The second kappa shape index (κ2) is 4.19. The van der Waals surface area contributed by atoms with Crippen LogP contribution in [-0.2, 0) is 11.2 Å². The minimum absolute atomic E-state index is 0.343. The number of nitrogens with zero attached hydrogens (tertiary/aromatic N) is 1. The molecule has 1 aliphatic rings. The Kier molecular flexibility index (Phi) is 2.74. The molecule has 0 spiro atoms. The lowest BCUT2D eigenvalue weighted by Crippen LogP contribution is -2.08. The van der Waals surface area contributed by atoms with Crippen LogP contribution in [-0.4, -0.2) is 13.1 Å². The second-order valence-corrected chi connectivity index (χ2v) is 3.61. The van der Waals surface area contributed by atoms with E-state index < -0.39 is 5.97 Å². The molecule has 0 radical (unpaired) electrons. The first-order valence-electron chi connectivity index (χ1n) is 5.08. The van der Waals surface area contributed by atoms with E-state index in [2.05, 4.69) is 10.8 Å². The van der Waals surface area contributed by atoms with Gasteiger partial charge in [0.05, 0.1) is 18.2 Å². The zero-order chi connectivity index (χ0) is 11.5. The van der Waals surface area contributed by atoms with E-state index in [4.69, 9.17) is 5.26 Å². The Morgan fingerprint density at radius 1 is 1.50 bits per heavy atom. The van der Waals surface area contributed by atoms with Crippen molar-refractivity contribution in [1.82, 2.24) is 0 Å². The first-order chi connectivity index (χ1) is 7.77. The zero-order valence-electron chi connectivity index (χ0n) is 8.99. The minimum Gasteiger partial charge on any atom is -0.465 e. The SMILES string of the molecule is COC(=O)c1ccc2c(c1C#N)C=CCC2. The molecule has 0 bridgehead atoms. The third-order valence-corrected chi connectivity index (χ3v) is 2.72. The van der Waals surface area contributed by atoms with Crippen LogP contribution < -0.4 is 0 Å². The Morgan fingerprint density at radius 3 is 3.00 bits per heavy atom. The average Bonchev–Trinajstić information content (AvgIpc) is 2.36. The summed E-state index contributed by atoms with van der Waals surface area (Å²) in [5.41, 5.74) is 2.74. The standard InChI is InChI=1S/C13H11NO2/c1-16-13(15)11-7-6-9-4-2-3-5-10(9)12(11)8-14/h3,5-7H,2,4H2,1H3. The largest absolute Gasteiger partial charge is 0.465 e. The maximum absolute atomic E-state index is 11.5. The molecular formula is C13H11NO2. The molecular weight excluding hydrogens is 202 g/mol. The number of benzene rings is 1. The Balaban J connectivity index is 2.63. The third-order valence-electron chi connectivity index (χ3n) is 2.72. The van der Waals surface area contributed by atoms with E-state index in [0.29, 0.717) is 11.1 Å². The number of allylic oxidation sites excluding steroid dienone is 1. The van der Waals surface area contributed by atoms with Gasteiger partial charge in [0, 0.05) is 0 Å². The molecule has 0 unspecified atom stereocenters. The van der Waals surface area contributed by atoms with Crippen molar-refractivity contribution in [3.05, 3.63) is 40.5 Å². The van der Waals surface area contributed by atoms with Crippen LogP contribution in [0, 0.1) is 11.3 Å². The summed E-state index contributed by atoms with van der Waals surface area (Å²) in [4.78, 5) is 11.5. The van der Waals surface area contributed by atoms with Crippen LogP contribution in [0.2, 0.25) is 0 Å². The third kappa shape index (κ3) is 1.59. The lowest BCUT2D eigenvalue weighted by atomic mass is 9.90. The Labute approximate surface area is 94.0 Å². The summed E-state index contributed by atoms with van der Waals surface area (Å²) in [5, 5.41) is 9.13. The van der Waals surface area contributed by atoms with E-state index >= 15 is 0 Å². The fraction of sp³-hybridized carbons (Fsp3) is 0.231. The monoisotopic (exact) mass is 213 g/mol. The predicted molar refractivity (Wildman–Crippen MR) is 59.9 cm³/mol. The van der Waals surface area contributed by atoms with Crippen LogP contribution in [0.15, 0.2) is 18.2 Å². The molecule has 2 rings (SSSR count). The molecule has 3 nitrogen and oxygen atoms in total. The van der Waals surface area contributed by atoms with Gasteiger partial charge in [-0.3, -0.25) is 0 Å². The van der Waals surface area contributed by atoms with E-state index in [0.717, 1.165) is 24.0 Å². The molecule has 1 aliphatic carbocycles. The molecule has 0 aliphatic heterocycles. The van der Waals surface area contributed by atoms with Gasteiger partial charge in [0.1, 0.15) is 6.07 Å². The summed E-state index contributed by atoms with van der Waals surface area (Å²) in [5.74, 6) is -0.460.